The second-order valence-corrected chi connectivity index (χ2v) is 8.15. The fourth-order valence-corrected chi connectivity index (χ4v) is 3.53. The Kier molecular flexibility index (Phi) is 13.2. The summed E-state index contributed by atoms with van der Waals surface area (Å²) in [5.41, 5.74) is 2.26. The molecule has 2 rings (SSSR count). The highest BCUT2D eigenvalue weighted by atomic mass is 16.5. The van der Waals surface area contributed by atoms with Crippen molar-refractivity contribution >= 4 is 6.21 Å². The van der Waals surface area contributed by atoms with E-state index in [9.17, 15) is 0 Å². The van der Waals surface area contributed by atoms with Crippen LogP contribution in [0.5, 0.6) is 11.5 Å². The molecule has 0 aliphatic rings. The summed E-state index contributed by atoms with van der Waals surface area (Å²) in [5.74, 6) is 1.77. The average Bonchev–Trinajstić information content (AvgIpc) is 2.80. The van der Waals surface area contributed by atoms with Gasteiger partial charge in [0.1, 0.15) is 18.1 Å². The molecular weight excluding hydrogens is 382 g/mol. The van der Waals surface area contributed by atoms with Crippen molar-refractivity contribution in [1.82, 2.24) is 0 Å². The van der Waals surface area contributed by atoms with Crippen LogP contribution in [0.15, 0.2) is 53.5 Å². The summed E-state index contributed by atoms with van der Waals surface area (Å²) in [7, 11) is 0. The standard InChI is InChI=1S/C28H41NO2/c1-3-5-6-7-8-9-10-11-12-13-22-29-23-25-14-18-28(19-15-25)31-24-26-16-20-27(21-17-26)30-4-2/h14-21,23H,3-13,22,24H2,1-2H3. The summed E-state index contributed by atoms with van der Waals surface area (Å²) in [4.78, 5) is 4.58. The van der Waals surface area contributed by atoms with Crippen LogP contribution in [0.3, 0.4) is 0 Å². The van der Waals surface area contributed by atoms with Crippen LogP contribution >= 0.6 is 0 Å². The smallest absolute Gasteiger partial charge is 0.119 e. The van der Waals surface area contributed by atoms with Gasteiger partial charge in [-0.15, -0.1) is 0 Å². The van der Waals surface area contributed by atoms with Crippen LogP contribution in [0.1, 0.15) is 89.2 Å². The first-order valence-corrected chi connectivity index (χ1v) is 12.3. The van der Waals surface area contributed by atoms with Gasteiger partial charge in [-0.1, -0.05) is 76.8 Å². The second-order valence-electron chi connectivity index (χ2n) is 8.15. The van der Waals surface area contributed by atoms with Crippen LogP contribution in [-0.4, -0.2) is 19.4 Å². The van der Waals surface area contributed by atoms with Crippen LogP contribution in [0.2, 0.25) is 0 Å². The minimum Gasteiger partial charge on any atom is -0.494 e. The van der Waals surface area contributed by atoms with Crippen molar-refractivity contribution in [2.45, 2.75) is 84.7 Å². The first-order chi connectivity index (χ1) is 15.3. The van der Waals surface area contributed by atoms with E-state index in [0.717, 1.165) is 29.2 Å². The molecule has 0 unspecified atom stereocenters. The zero-order chi connectivity index (χ0) is 22.0. The number of nitrogens with zero attached hydrogens (tertiary/aromatic N) is 1. The highest BCUT2D eigenvalue weighted by molar-refractivity contribution is 5.79. The van der Waals surface area contributed by atoms with E-state index in [4.69, 9.17) is 9.47 Å². The molecule has 2 aromatic rings. The Bertz CT molecular complexity index is 707. The van der Waals surface area contributed by atoms with E-state index in [1.807, 2.05) is 49.5 Å². The Labute approximate surface area is 189 Å². The molecule has 31 heavy (non-hydrogen) atoms. The van der Waals surface area contributed by atoms with Gasteiger partial charge in [0.15, 0.2) is 0 Å². The number of ether oxygens (including phenoxy) is 2. The van der Waals surface area contributed by atoms with Gasteiger partial charge in [-0.2, -0.15) is 0 Å². The Balaban J connectivity index is 1.54. The van der Waals surface area contributed by atoms with Gasteiger partial charge in [-0.25, -0.2) is 0 Å². The molecule has 0 aliphatic carbocycles. The summed E-state index contributed by atoms with van der Waals surface area (Å²) in [5, 5.41) is 0. The number of aliphatic imine (C=N–C) groups is 1. The lowest BCUT2D eigenvalue weighted by atomic mass is 10.1. The molecule has 3 heteroatoms. The molecule has 3 nitrogen and oxygen atoms in total. The number of rotatable bonds is 17. The molecular formula is C28H41NO2. The van der Waals surface area contributed by atoms with Gasteiger partial charge in [-0.05, 0) is 60.9 Å². The Morgan fingerprint density at radius 1 is 0.645 bits per heavy atom. The predicted molar refractivity (Wildman–Crippen MR) is 133 cm³/mol. The Morgan fingerprint density at radius 3 is 1.81 bits per heavy atom. The SMILES string of the molecule is CCCCCCCCCCCCN=Cc1ccc(OCc2ccc(OCC)cc2)cc1. The van der Waals surface area contributed by atoms with Crippen molar-refractivity contribution in [1.29, 1.82) is 0 Å². The minimum atomic E-state index is 0.554. The van der Waals surface area contributed by atoms with E-state index in [0.29, 0.717) is 13.2 Å². The van der Waals surface area contributed by atoms with E-state index in [2.05, 4.69) is 24.0 Å². The maximum absolute atomic E-state index is 5.88. The van der Waals surface area contributed by atoms with Gasteiger partial charge < -0.3 is 9.47 Å². The molecule has 0 atom stereocenters. The molecule has 170 valence electrons. The topological polar surface area (TPSA) is 30.8 Å². The third-order valence-corrected chi connectivity index (χ3v) is 5.40. The summed E-state index contributed by atoms with van der Waals surface area (Å²) in [6.07, 6.45) is 15.6. The van der Waals surface area contributed by atoms with Gasteiger partial charge in [0, 0.05) is 12.8 Å². The Hall–Kier alpha value is -2.29. The zero-order valence-corrected chi connectivity index (χ0v) is 19.7. The van der Waals surface area contributed by atoms with Crippen molar-refractivity contribution in [3.63, 3.8) is 0 Å². The maximum Gasteiger partial charge on any atom is 0.119 e. The zero-order valence-electron chi connectivity index (χ0n) is 19.7. The summed E-state index contributed by atoms with van der Waals surface area (Å²) in [6, 6.07) is 16.2. The van der Waals surface area contributed by atoms with Gasteiger partial charge in [0.25, 0.3) is 0 Å². The number of benzene rings is 2. The van der Waals surface area contributed by atoms with E-state index in [1.165, 1.54) is 64.2 Å². The number of unbranched alkanes of at least 4 members (excludes halogenated alkanes) is 9. The van der Waals surface area contributed by atoms with Crippen molar-refractivity contribution < 1.29 is 9.47 Å². The average molecular weight is 424 g/mol. The summed E-state index contributed by atoms with van der Waals surface area (Å²) < 4.78 is 11.3. The van der Waals surface area contributed by atoms with Crippen molar-refractivity contribution in [3.05, 3.63) is 59.7 Å². The quantitative estimate of drug-likeness (QED) is 0.191. The molecule has 0 aliphatic heterocycles. The van der Waals surface area contributed by atoms with Crippen molar-refractivity contribution in [2.75, 3.05) is 13.2 Å². The van der Waals surface area contributed by atoms with Gasteiger partial charge >= 0.3 is 0 Å². The number of hydrogen-bond acceptors (Lipinski definition) is 3. The molecule has 0 heterocycles. The van der Waals surface area contributed by atoms with Gasteiger partial charge in [0.05, 0.1) is 6.61 Å². The van der Waals surface area contributed by atoms with E-state index < -0.39 is 0 Å². The van der Waals surface area contributed by atoms with E-state index in [-0.39, 0.29) is 0 Å². The first-order valence-electron chi connectivity index (χ1n) is 12.3. The predicted octanol–water partition coefficient (Wildman–Crippen LogP) is 8.00. The molecule has 0 fully saturated rings. The highest BCUT2D eigenvalue weighted by Crippen LogP contribution is 2.16. The van der Waals surface area contributed by atoms with Crippen molar-refractivity contribution in [3.8, 4) is 11.5 Å². The summed E-state index contributed by atoms with van der Waals surface area (Å²) in [6.45, 7) is 6.43. The normalized spacial score (nSPS) is 11.2. The molecule has 0 saturated heterocycles. The fraction of sp³-hybridized carbons (Fsp3) is 0.536. The molecule has 0 spiro atoms. The largest absolute Gasteiger partial charge is 0.494 e. The minimum absolute atomic E-state index is 0.554. The lowest BCUT2D eigenvalue weighted by molar-refractivity contribution is 0.305. The fourth-order valence-electron chi connectivity index (χ4n) is 3.53. The molecule has 0 saturated carbocycles. The Morgan fingerprint density at radius 2 is 1.19 bits per heavy atom. The molecule has 0 aromatic heterocycles. The van der Waals surface area contributed by atoms with Crippen LogP contribution in [-0.2, 0) is 6.61 Å². The van der Waals surface area contributed by atoms with Crippen LogP contribution < -0.4 is 9.47 Å². The molecule has 2 aromatic carbocycles. The van der Waals surface area contributed by atoms with E-state index in [1.54, 1.807) is 0 Å². The molecule has 0 radical (unpaired) electrons. The third kappa shape index (κ3) is 11.6. The van der Waals surface area contributed by atoms with Crippen LogP contribution in [0, 0.1) is 0 Å². The van der Waals surface area contributed by atoms with E-state index >= 15 is 0 Å². The second kappa shape index (κ2) is 16.4. The monoisotopic (exact) mass is 423 g/mol. The molecule has 0 bridgehead atoms. The molecule has 0 N–H and O–H groups in total. The molecule has 0 amide bonds. The lowest BCUT2D eigenvalue weighted by Crippen LogP contribution is -1.96. The van der Waals surface area contributed by atoms with Crippen LogP contribution in [0.4, 0.5) is 0 Å². The lowest BCUT2D eigenvalue weighted by Gasteiger charge is -2.08. The van der Waals surface area contributed by atoms with Gasteiger partial charge in [0.2, 0.25) is 0 Å². The first kappa shape index (κ1) is 25.0. The highest BCUT2D eigenvalue weighted by Gasteiger charge is 1.98. The van der Waals surface area contributed by atoms with Gasteiger partial charge in [-0.3, -0.25) is 4.99 Å². The number of hydrogen-bond donors (Lipinski definition) is 0. The van der Waals surface area contributed by atoms with Crippen LogP contribution in [0.25, 0.3) is 0 Å². The third-order valence-electron chi connectivity index (χ3n) is 5.40. The maximum atomic E-state index is 5.88. The summed E-state index contributed by atoms with van der Waals surface area (Å²) >= 11 is 0. The van der Waals surface area contributed by atoms with Crippen molar-refractivity contribution in [2.24, 2.45) is 4.99 Å².